The molecule has 2 saturated heterocycles. The normalized spacial score (nSPS) is 19.5. The molecule has 0 aromatic rings. The summed E-state index contributed by atoms with van der Waals surface area (Å²) >= 11 is 0. The van der Waals surface area contributed by atoms with Crippen LogP contribution < -0.4 is 0 Å². The van der Waals surface area contributed by atoms with E-state index in [0.29, 0.717) is 12.1 Å². The van der Waals surface area contributed by atoms with Gasteiger partial charge in [-0.15, -0.1) is 13.2 Å². The predicted molar refractivity (Wildman–Crippen MR) is 170 cm³/mol. The van der Waals surface area contributed by atoms with Crippen LogP contribution in [0.3, 0.4) is 0 Å². The summed E-state index contributed by atoms with van der Waals surface area (Å²) in [4.78, 5) is 5.49. The number of rotatable bonds is 20. The molecule has 218 valence electrons. The smallest absolute Gasteiger partial charge is 0.0715 e. The molecule has 2 nitrogen and oxygen atoms in total. The Morgan fingerprint density at radius 3 is 1.21 bits per heavy atom. The minimum absolute atomic E-state index is 0.472. The van der Waals surface area contributed by atoms with Crippen LogP contribution in [0.1, 0.15) is 142 Å². The average Bonchev–Trinajstić information content (AvgIpc) is 2.93. The van der Waals surface area contributed by atoms with Crippen molar-refractivity contribution in [3.63, 3.8) is 0 Å². The molecule has 2 aliphatic rings. The fraction of sp³-hybridized carbons (Fsp3) is 0.833. The molecule has 0 N–H and O–H groups in total. The molecular weight excluding hydrogens is 460 g/mol. The molecular formula is C36H64N2. The van der Waals surface area contributed by atoms with E-state index < -0.39 is 0 Å². The summed E-state index contributed by atoms with van der Waals surface area (Å²) < 4.78 is 0. The van der Waals surface area contributed by atoms with Gasteiger partial charge >= 0.3 is 0 Å². The second kappa shape index (κ2) is 21.7. The molecule has 2 heterocycles. The van der Waals surface area contributed by atoms with Gasteiger partial charge in [0.1, 0.15) is 0 Å². The van der Waals surface area contributed by atoms with Gasteiger partial charge in [-0.1, -0.05) is 102 Å². The third kappa shape index (κ3) is 14.9. The van der Waals surface area contributed by atoms with E-state index in [-0.39, 0.29) is 0 Å². The van der Waals surface area contributed by atoms with E-state index >= 15 is 0 Å². The average molecular weight is 525 g/mol. The molecule has 2 atom stereocenters. The van der Waals surface area contributed by atoms with Gasteiger partial charge in [0, 0.05) is 0 Å². The van der Waals surface area contributed by atoms with Gasteiger partial charge in [-0.2, -0.15) is 0 Å². The minimum atomic E-state index is 0.472. The van der Waals surface area contributed by atoms with Crippen LogP contribution in [0.25, 0.3) is 0 Å². The molecule has 0 amide bonds. The van der Waals surface area contributed by atoms with Crippen molar-refractivity contribution in [2.45, 2.75) is 154 Å². The molecule has 2 fully saturated rings. The van der Waals surface area contributed by atoms with Crippen molar-refractivity contribution in [2.24, 2.45) is 11.8 Å². The van der Waals surface area contributed by atoms with Crippen LogP contribution in [0.4, 0.5) is 0 Å². The van der Waals surface area contributed by atoms with E-state index in [0.717, 1.165) is 11.8 Å². The number of allylic oxidation sites excluding steroid dienone is 2. The lowest BCUT2D eigenvalue weighted by atomic mass is 9.95. The topological polar surface area (TPSA) is 6.48 Å². The Kier molecular flexibility index (Phi) is 19.0. The summed E-state index contributed by atoms with van der Waals surface area (Å²) in [5.74, 6) is 9.61. The molecule has 2 rings (SSSR count). The number of hydrogen-bond acceptors (Lipinski definition) is 2. The lowest BCUT2D eigenvalue weighted by Crippen LogP contribution is -2.42. The molecule has 2 aliphatic heterocycles. The zero-order valence-corrected chi connectivity index (χ0v) is 25.7. The Morgan fingerprint density at radius 1 is 0.553 bits per heavy atom. The number of likely N-dealkylation sites (tertiary alicyclic amines) is 2. The summed E-state index contributed by atoms with van der Waals surface area (Å²) in [6, 6.07) is 0.943. The summed E-state index contributed by atoms with van der Waals surface area (Å²) in [5.41, 5.74) is 0. The first kappa shape index (κ1) is 33.2. The van der Waals surface area contributed by atoms with E-state index in [1.54, 1.807) is 0 Å². The van der Waals surface area contributed by atoms with Crippen LogP contribution >= 0.6 is 0 Å². The van der Waals surface area contributed by atoms with Crippen LogP contribution in [0.15, 0.2) is 25.3 Å². The molecule has 0 aromatic heterocycles. The monoisotopic (exact) mass is 525 g/mol. The van der Waals surface area contributed by atoms with Gasteiger partial charge in [0.2, 0.25) is 0 Å². The van der Waals surface area contributed by atoms with Crippen molar-refractivity contribution in [3.05, 3.63) is 25.3 Å². The highest BCUT2D eigenvalue weighted by molar-refractivity contribution is 5.15. The largest absolute Gasteiger partial charge is 0.290 e. The van der Waals surface area contributed by atoms with Crippen LogP contribution in [-0.4, -0.2) is 48.1 Å². The Hall–Kier alpha value is -1.04. The maximum absolute atomic E-state index is 3.92. The highest BCUT2D eigenvalue weighted by Crippen LogP contribution is 2.23. The number of piperidine rings is 2. The van der Waals surface area contributed by atoms with Crippen LogP contribution in [0.2, 0.25) is 0 Å². The second-order valence-corrected chi connectivity index (χ2v) is 12.7. The lowest BCUT2D eigenvalue weighted by molar-refractivity contribution is 0.153. The summed E-state index contributed by atoms with van der Waals surface area (Å²) in [6.07, 6.45) is 30.7. The highest BCUT2D eigenvalue weighted by atomic mass is 15.2. The van der Waals surface area contributed by atoms with Gasteiger partial charge < -0.3 is 0 Å². The van der Waals surface area contributed by atoms with E-state index in [4.69, 9.17) is 0 Å². The fourth-order valence-electron chi connectivity index (χ4n) is 6.23. The number of hydrogen-bond donors (Lipinski definition) is 0. The quantitative estimate of drug-likeness (QED) is 0.0888. The van der Waals surface area contributed by atoms with Gasteiger partial charge in [0.15, 0.2) is 0 Å². The second-order valence-electron chi connectivity index (χ2n) is 12.7. The SMILES string of the molecule is C=CCCCCCCCCC(C#CC(CCCCCCCCC=C)N1CCC(C)CC1)N1CCC(C)CC1. The van der Waals surface area contributed by atoms with Crippen molar-refractivity contribution in [3.8, 4) is 11.8 Å². The zero-order valence-electron chi connectivity index (χ0n) is 25.7. The summed E-state index contributed by atoms with van der Waals surface area (Å²) in [5, 5.41) is 0. The molecule has 2 heteroatoms. The molecule has 2 unspecified atom stereocenters. The molecule has 0 spiro atoms. The molecule has 38 heavy (non-hydrogen) atoms. The van der Waals surface area contributed by atoms with Crippen molar-refractivity contribution in [1.82, 2.24) is 9.80 Å². The van der Waals surface area contributed by atoms with Gasteiger partial charge in [-0.05, 0) is 102 Å². The molecule has 0 aliphatic carbocycles. The number of nitrogens with zero attached hydrogens (tertiary/aromatic N) is 2. The first-order valence-corrected chi connectivity index (χ1v) is 16.8. The molecule has 0 saturated carbocycles. The summed E-state index contributed by atoms with van der Waals surface area (Å²) in [7, 11) is 0. The van der Waals surface area contributed by atoms with Gasteiger partial charge in [-0.3, -0.25) is 9.80 Å². The number of unbranched alkanes of at least 4 members (excludes halogenated alkanes) is 12. The van der Waals surface area contributed by atoms with Crippen molar-refractivity contribution in [2.75, 3.05) is 26.2 Å². The first-order chi connectivity index (χ1) is 18.6. The molecule has 0 bridgehead atoms. The fourth-order valence-corrected chi connectivity index (χ4v) is 6.23. The molecule has 0 aromatic carbocycles. The van der Waals surface area contributed by atoms with Crippen LogP contribution in [0, 0.1) is 23.7 Å². The van der Waals surface area contributed by atoms with Crippen molar-refractivity contribution >= 4 is 0 Å². The Balaban J connectivity index is 1.90. The Bertz CT molecular complexity index is 588. The highest BCUT2D eigenvalue weighted by Gasteiger charge is 2.24. The zero-order chi connectivity index (χ0) is 27.3. The third-order valence-corrected chi connectivity index (χ3v) is 9.21. The van der Waals surface area contributed by atoms with Crippen molar-refractivity contribution in [1.29, 1.82) is 0 Å². The first-order valence-electron chi connectivity index (χ1n) is 16.8. The van der Waals surface area contributed by atoms with Crippen LogP contribution in [-0.2, 0) is 0 Å². The van der Waals surface area contributed by atoms with Crippen LogP contribution in [0.5, 0.6) is 0 Å². The van der Waals surface area contributed by atoms with E-state index in [1.165, 1.54) is 155 Å². The minimum Gasteiger partial charge on any atom is -0.290 e. The lowest BCUT2D eigenvalue weighted by Gasteiger charge is -2.36. The standard InChI is InChI=1S/C36H64N2/c1-5-7-9-11-13-15-17-19-21-35(37-29-25-33(3)26-30-37)23-24-36(38-31-27-34(4)28-32-38)22-20-18-16-14-12-10-8-6-2/h5-6,33-36H,1-2,7-22,25-32H2,3-4H3. The van der Waals surface area contributed by atoms with E-state index in [1.807, 2.05) is 0 Å². The maximum Gasteiger partial charge on any atom is 0.0715 e. The Labute approximate surface area is 239 Å². The Morgan fingerprint density at radius 2 is 0.868 bits per heavy atom. The predicted octanol–water partition coefficient (Wildman–Crippen LogP) is 9.80. The van der Waals surface area contributed by atoms with E-state index in [2.05, 4.69) is 60.8 Å². The summed E-state index contributed by atoms with van der Waals surface area (Å²) in [6.45, 7) is 17.6. The van der Waals surface area contributed by atoms with Gasteiger partial charge in [0.25, 0.3) is 0 Å². The third-order valence-electron chi connectivity index (χ3n) is 9.21. The molecule has 0 radical (unpaired) electrons. The van der Waals surface area contributed by atoms with Gasteiger partial charge in [-0.25, -0.2) is 0 Å². The maximum atomic E-state index is 3.92. The van der Waals surface area contributed by atoms with Gasteiger partial charge in [0.05, 0.1) is 12.1 Å². The van der Waals surface area contributed by atoms with E-state index in [9.17, 15) is 0 Å². The van der Waals surface area contributed by atoms with Crippen molar-refractivity contribution < 1.29 is 0 Å².